The van der Waals surface area contributed by atoms with Crippen LogP contribution in [0.4, 0.5) is 5.69 Å². The monoisotopic (exact) mass is 238 g/mol. The van der Waals surface area contributed by atoms with Gasteiger partial charge in [-0.25, -0.2) is 0 Å². The molecule has 0 radical (unpaired) electrons. The molecule has 1 aromatic carbocycles. The number of nitro groups is 1. The third-order valence-electron chi connectivity index (χ3n) is 2.44. The van der Waals surface area contributed by atoms with Gasteiger partial charge in [0.05, 0.1) is 10.6 Å². The molecule has 0 saturated carbocycles. The highest BCUT2D eigenvalue weighted by Gasteiger charge is 2.15. The Balaban J connectivity index is 2.62. The highest BCUT2D eigenvalue weighted by molar-refractivity contribution is 5.55. The molecule has 2 rings (SSSR count). The van der Waals surface area contributed by atoms with Crippen LogP contribution in [0.3, 0.4) is 0 Å². The van der Waals surface area contributed by atoms with E-state index in [0.717, 1.165) is 0 Å². The number of rotatable bonds is 2. The third kappa shape index (κ3) is 1.79. The van der Waals surface area contributed by atoms with Crippen molar-refractivity contribution in [1.82, 2.24) is 4.57 Å². The lowest BCUT2D eigenvalue weighted by atomic mass is 10.1. The molecule has 18 heavy (non-hydrogen) atoms. The van der Waals surface area contributed by atoms with Crippen molar-refractivity contribution in [1.29, 1.82) is 10.5 Å². The first-order valence-electron chi connectivity index (χ1n) is 4.93. The lowest BCUT2D eigenvalue weighted by Gasteiger charge is -2.04. The molecular formula is C12H6N4O2. The average Bonchev–Trinajstić information content (AvgIpc) is 2.86. The summed E-state index contributed by atoms with van der Waals surface area (Å²) in [6, 6.07) is 11.2. The van der Waals surface area contributed by atoms with E-state index in [0.29, 0.717) is 11.4 Å². The topological polar surface area (TPSA) is 95.7 Å². The summed E-state index contributed by atoms with van der Waals surface area (Å²) in [6.45, 7) is 0. The van der Waals surface area contributed by atoms with Gasteiger partial charge in [0.2, 0.25) is 0 Å². The van der Waals surface area contributed by atoms with Crippen molar-refractivity contribution in [2.75, 3.05) is 0 Å². The van der Waals surface area contributed by atoms with Gasteiger partial charge >= 0.3 is 0 Å². The van der Waals surface area contributed by atoms with E-state index in [2.05, 4.69) is 0 Å². The normalized spacial score (nSPS) is 9.44. The first-order valence-corrected chi connectivity index (χ1v) is 4.93. The van der Waals surface area contributed by atoms with Crippen molar-refractivity contribution < 1.29 is 4.92 Å². The molecule has 0 unspecified atom stereocenters. The summed E-state index contributed by atoms with van der Waals surface area (Å²) in [4.78, 5) is 10.2. The minimum atomic E-state index is -0.613. The summed E-state index contributed by atoms with van der Waals surface area (Å²) < 4.78 is 1.52. The van der Waals surface area contributed by atoms with Crippen molar-refractivity contribution in [3.05, 3.63) is 57.9 Å². The molecular weight excluding hydrogens is 232 g/mol. The van der Waals surface area contributed by atoms with Crippen LogP contribution in [0.5, 0.6) is 0 Å². The zero-order valence-corrected chi connectivity index (χ0v) is 9.07. The molecule has 1 heterocycles. The summed E-state index contributed by atoms with van der Waals surface area (Å²) >= 11 is 0. The molecule has 0 atom stereocenters. The van der Waals surface area contributed by atoms with Crippen LogP contribution in [0.25, 0.3) is 5.69 Å². The second-order valence-corrected chi connectivity index (χ2v) is 3.45. The van der Waals surface area contributed by atoms with Gasteiger partial charge < -0.3 is 4.57 Å². The summed E-state index contributed by atoms with van der Waals surface area (Å²) in [5.74, 6) is 0. The smallest absolute Gasteiger partial charge is 0.289 e. The molecule has 0 N–H and O–H groups in total. The van der Waals surface area contributed by atoms with Crippen LogP contribution in [0.1, 0.15) is 11.3 Å². The minimum Gasteiger partial charge on any atom is -0.308 e. The summed E-state index contributed by atoms with van der Waals surface area (Å²) in [6.07, 6.45) is 1.63. The van der Waals surface area contributed by atoms with Crippen molar-refractivity contribution in [2.45, 2.75) is 0 Å². The van der Waals surface area contributed by atoms with E-state index in [-0.39, 0.29) is 11.3 Å². The summed E-state index contributed by atoms with van der Waals surface area (Å²) in [5.41, 5.74) is 0.568. The van der Waals surface area contributed by atoms with Crippen molar-refractivity contribution in [2.24, 2.45) is 0 Å². The Bertz CT molecular complexity index is 704. The number of nitro benzene ring substituents is 1. The largest absolute Gasteiger partial charge is 0.308 e. The fourth-order valence-electron chi connectivity index (χ4n) is 1.61. The van der Waals surface area contributed by atoms with Crippen LogP contribution in [0.15, 0.2) is 36.5 Å². The van der Waals surface area contributed by atoms with Gasteiger partial charge in [-0.1, -0.05) is 0 Å². The average molecular weight is 238 g/mol. The number of nitrogens with zero attached hydrogens (tertiary/aromatic N) is 4. The summed E-state index contributed by atoms with van der Waals surface area (Å²) in [7, 11) is 0. The summed E-state index contributed by atoms with van der Waals surface area (Å²) in [5, 5.41) is 28.5. The Morgan fingerprint density at radius 3 is 2.61 bits per heavy atom. The molecule has 6 heteroatoms. The molecule has 0 bridgehead atoms. The minimum absolute atomic E-state index is 0.00517. The Labute approximate surface area is 102 Å². The lowest BCUT2D eigenvalue weighted by molar-refractivity contribution is -0.385. The number of hydrogen-bond donors (Lipinski definition) is 0. The zero-order chi connectivity index (χ0) is 13.1. The molecule has 0 aliphatic heterocycles. The van der Waals surface area contributed by atoms with Crippen LogP contribution >= 0.6 is 0 Å². The van der Waals surface area contributed by atoms with Crippen LogP contribution in [0, 0.1) is 32.8 Å². The second kappa shape index (κ2) is 4.40. The predicted octanol–water partition coefficient (Wildman–Crippen LogP) is 2.13. The van der Waals surface area contributed by atoms with Gasteiger partial charge in [-0.3, -0.25) is 10.1 Å². The Kier molecular flexibility index (Phi) is 2.78. The van der Waals surface area contributed by atoms with E-state index in [4.69, 9.17) is 10.5 Å². The molecule has 1 aromatic heterocycles. The second-order valence-electron chi connectivity index (χ2n) is 3.45. The Hall–Kier alpha value is -3.12. The van der Waals surface area contributed by atoms with Crippen molar-refractivity contribution in [3.8, 4) is 17.8 Å². The van der Waals surface area contributed by atoms with Gasteiger partial charge in [-0.05, 0) is 24.3 Å². The van der Waals surface area contributed by atoms with Crippen molar-refractivity contribution in [3.63, 3.8) is 0 Å². The fourth-order valence-corrected chi connectivity index (χ4v) is 1.61. The molecule has 0 amide bonds. The number of hydrogen-bond acceptors (Lipinski definition) is 4. The maximum absolute atomic E-state index is 10.8. The molecule has 0 spiro atoms. The third-order valence-corrected chi connectivity index (χ3v) is 2.44. The Morgan fingerprint density at radius 2 is 2.00 bits per heavy atom. The van der Waals surface area contributed by atoms with Gasteiger partial charge in [0.25, 0.3) is 5.69 Å². The maximum Gasteiger partial charge on any atom is 0.289 e. The van der Waals surface area contributed by atoms with Crippen LogP contribution < -0.4 is 0 Å². The van der Waals surface area contributed by atoms with E-state index < -0.39 is 4.92 Å². The lowest BCUT2D eigenvalue weighted by Crippen LogP contribution is -1.99. The van der Waals surface area contributed by atoms with E-state index in [1.807, 2.05) is 6.07 Å². The van der Waals surface area contributed by atoms with Gasteiger partial charge in [-0.15, -0.1) is 0 Å². The van der Waals surface area contributed by atoms with Gasteiger partial charge in [0.1, 0.15) is 23.4 Å². The molecule has 86 valence electrons. The first kappa shape index (κ1) is 11.4. The maximum atomic E-state index is 10.8. The molecule has 2 aromatic rings. The van der Waals surface area contributed by atoms with Crippen LogP contribution in [-0.2, 0) is 0 Å². The number of nitriles is 2. The van der Waals surface area contributed by atoms with Gasteiger partial charge in [-0.2, -0.15) is 10.5 Å². The molecule has 0 saturated heterocycles. The van der Waals surface area contributed by atoms with E-state index in [9.17, 15) is 10.1 Å². The molecule has 6 nitrogen and oxygen atoms in total. The van der Waals surface area contributed by atoms with Crippen LogP contribution in [0.2, 0.25) is 0 Å². The van der Waals surface area contributed by atoms with Gasteiger partial charge in [0, 0.05) is 12.3 Å². The van der Waals surface area contributed by atoms with E-state index in [1.165, 1.54) is 16.7 Å². The zero-order valence-electron chi connectivity index (χ0n) is 9.07. The van der Waals surface area contributed by atoms with Crippen LogP contribution in [-0.4, -0.2) is 9.49 Å². The predicted molar refractivity (Wildman–Crippen MR) is 61.9 cm³/mol. The highest BCUT2D eigenvalue weighted by Crippen LogP contribution is 2.22. The van der Waals surface area contributed by atoms with E-state index in [1.54, 1.807) is 30.5 Å². The molecule has 0 aliphatic carbocycles. The quantitative estimate of drug-likeness (QED) is 0.591. The first-order chi connectivity index (χ1) is 8.67. The fraction of sp³-hybridized carbons (Fsp3) is 0. The highest BCUT2D eigenvalue weighted by atomic mass is 16.6. The van der Waals surface area contributed by atoms with Gasteiger partial charge in [0.15, 0.2) is 0 Å². The Morgan fingerprint density at radius 1 is 1.22 bits per heavy atom. The number of aromatic nitrogens is 1. The molecule has 0 fully saturated rings. The number of benzene rings is 1. The SMILES string of the molecule is N#Cc1ccc(-n2cccc2C#N)cc1[N+](=O)[O-]. The molecule has 0 aliphatic rings. The van der Waals surface area contributed by atoms with E-state index >= 15 is 0 Å². The standard InChI is InChI=1S/C12H6N4O2/c13-7-9-3-4-10(6-12(9)16(17)18)15-5-1-2-11(15)8-14/h1-6H. The van der Waals surface area contributed by atoms with Crippen molar-refractivity contribution >= 4 is 5.69 Å².